The van der Waals surface area contributed by atoms with Gasteiger partial charge in [0, 0.05) is 6.04 Å². The molecule has 0 spiro atoms. The molecule has 8 heteroatoms. The maximum Gasteiger partial charge on any atom is 0.309 e. The van der Waals surface area contributed by atoms with E-state index < -0.39 is 21.5 Å². The Kier molecular flexibility index (Phi) is 4.42. The Balaban J connectivity index is 1.68. The first kappa shape index (κ1) is 15.7. The lowest BCUT2D eigenvalue weighted by atomic mass is 10.2. The van der Waals surface area contributed by atoms with Crippen molar-refractivity contribution in [2.75, 3.05) is 0 Å². The van der Waals surface area contributed by atoms with Gasteiger partial charge in [-0.05, 0) is 25.0 Å². The summed E-state index contributed by atoms with van der Waals surface area (Å²) in [6.45, 7) is 0. The van der Waals surface area contributed by atoms with Crippen LogP contribution in [0.4, 0.5) is 0 Å². The number of benzene rings is 1. The zero-order chi connectivity index (χ0) is 16.3. The lowest BCUT2D eigenvalue weighted by molar-refractivity contribution is 0.0901. The van der Waals surface area contributed by atoms with Crippen molar-refractivity contribution >= 4 is 15.7 Å². The van der Waals surface area contributed by atoms with Crippen LogP contribution < -0.4 is 5.32 Å². The summed E-state index contributed by atoms with van der Waals surface area (Å²) in [6.07, 6.45) is 4.06. The first-order valence-corrected chi connectivity index (χ1v) is 9.11. The van der Waals surface area contributed by atoms with E-state index in [-0.39, 0.29) is 22.7 Å². The number of carbonyl (C=O) groups excluding carboxylic acids is 1. The monoisotopic (exact) mass is 335 g/mol. The zero-order valence-corrected chi connectivity index (χ0v) is 13.3. The molecule has 1 N–H and O–H groups in total. The molecule has 23 heavy (non-hydrogen) atoms. The number of aromatic nitrogens is 2. The van der Waals surface area contributed by atoms with Crippen molar-refractivity contribution in [1.29, 1.82) is 0 Å². The number of rotatable bonds is 5. The minimum absolute atomic E-state index is 0.0922. The molecule has 1 heterocycles. The second kappa shape index (κ2) is 6.49. The molecule has 122 valence electrons. The Labute approximate surface area is 134 Å². The highest BCUT2D eigenvalue weighted by molar-refractivity contribution is 7.90. The Morgan fingerprint density at radius 2 is 1.87 bits per heavy atom. The van der Waals surface area contributed by atoms with Crippen LogP contribution in [0.15, 0.2) is 39.6 Å². The van der Waals surface area contributed by atoms with Crippen LogP contribution in [-0.2, 0) is 15.6 Å². The predicted octanol–water partition coefficient (Wildman–Crippen LogP) is 1.72. The Bertz CT molecular complexity index is 780. The van der Waals surface area contributed by atoms with Crippen molar-refractivity contribution in [3.05, 3.63) is 42.1 Å². The van der Waals surface area contributed by atoms with Gasteiger partial charge >= 0.3 is 11.8 Å². The van der Waals surface area contributed by atoms with E-state index in [9.17, 15) is 13.2 Å². The van der Waals surface area contributed by atoms with Crippen LogP contribution in [0.2, 0.25) is 0 Å². The van der Waals surface area contributed by atoms with E-state index in [4.69, 9.17) is 4.42 Å². The summed E-state index contributed by atoms with van der Waals surface area (Å²) in [5.41, 5.74) is 0. The van der Waals surface area contributed by atoms with E-state index in [1.54, 1.807) is 18.2 Å². The number of hydrogen-bond donors (Lipinski definition) is 1. The van der Waals surface area contributed by atoms with Crippen LogP contribution in [0.25, 0.3) is 0 Å². The fourth-order valence-electron chi connectivity index (χ4n) is 2.59. The molecule has 3 rings (SSSR count). The molecule has 0 radical (unpaired) electrons. The van der Waals surface area contributed by atoms with Crippen molar-refractivity contribution in [3.63, 3.8) is 0 Å². The SMILES string of the molecule is O=C(NC1CCCC1)c1nnc(CS(=O)(=O)c2ccccc2)o1. The van der Waals surface area contributed by atoms with E-state index in [1.165, 1.54) is 12.1 Å². The molecule has 1 aliphatic rings. The average molecular weight is 335 g/mol. The van der Waals surface area contributed by atoms with Crippen LogP contribution in [0.1, 0.15) is 42.3 Å². The fraction of sp³-hybridized carbons (Fsp3) is 0.400. The van der Waals surface area contributed by atoms with Gasteiger partial charge in [-0.1, -0.05) is 31.0 Å². The van der Waals surface area contributed by atoms with Gasteiger partial charge in [-0.25, -0.2) is 8.42 Å². The summed E-state index contributed by atoms with van der Waals surface area (Å²) in [5, 5.41) is 10.1. The van der Waals surface area contributed by atoms with Crippen molar-refractivity contribution in [3.8, 4) is 0 Å². The molecule has 0 atom stereocenters. The molecule has 1 saturated carbocycles. The van der Waals surface area contributed by atoms with Gasteiger partial charge < -0.3 is 9.73 Å². The lowest BCUT2D eigenvalue weighted by Gasteiger charge is -2.08. The fourth-order valence-corrected chi connectivity index (χ4v) is 3.77. The van der Waals surface area contributed by atoms with Gasteiger partial charge in [0.15, 0.2) is 9.84 Å². The minimum atomic E-state index is -3.58. The minimum Gasteiger partial charge on any atom is -0.416 e. The molecular formula is C15H17N3O4S. The largest absolute Gasteiger partial charge is 0.416 e. The van der Waals surface area contributed by atoms with Gasteiger partial charge in [-0.2, -0.15) is 0 Å². The number of hydrogen-bond acceptors (Lipinski definition) is 6. The molecule has 0 saturated heterocycles. The second-order valence-corrected chi connectivity index (χ2v) is 7.52. The van der Waals surface area contributed by atoms with Gasteiger partial charge in [-0.3, -0.25) is 4.79 Å². The molecule has 1 aromatic heterocycles. The average Bonchev–Trinajstić information content (AvgIpc) is 3.19. The van der Waals surface area contributed by atoms with Crippen LogP contribution >= 0.6 is 0 Å². The summed E-state index contributed by atoms with van der Waals surface area (Å²) in [5.74, 6) is -1.17. The number of amides is 1. The Morgan fingerprint density at radius 3 is 2.57 bits per heavy atom. The molecule has 1 aromatic carbocycles. The highest BCUT2D eigenvalue weighted by Crippen LogP contribution is 2.18. The van der Waals surface area contributed by atoms with Gasteiger partial charge in [0.1, 0.15) is 5.75 Å². The van der Waals surface area contributed by atoms with E-state index in [0.717, 1.165) is 25.7 Å². The Morgan fingerprint density at radius 1 is 1.17 bits per heavy atom. The van der Waals surface area contributed by atoms with Crippen molar-refractivity contribution in [2.24, 2.45) is 0 Å². The van der Waals surface area contributed by atoms with E-state index >= 15 is 0 Å². The summed E-state index contributed by atoms with van der Waals surface area (Å²) >= 11 is 0. The quantitative estimate of drug-likeness (QED) is 0.892. The molecule has 1 amide bonds. The van der Waals surface area contributed by atoms with E-state index in [2.05, 4.69) is 15.5 Å². The van der Waals surface area contributed by atoms with Gasteiger partial charge in [0.05, 0.1) is 4.90 Å². The predicted molar refractivity (Wildman–Crippen MR) is 81.4 cm³/mol. The summed E-state index contributed by atoms with van der Waals surface area (Å²) in [4.78, 5) is 12.2. The highest BCUT2D eigenvalue weighted by Gasteiger charge is 2.24. The van der Waals surface area contributed by atoms with Crippen LogP contribution in [0.5, 0.6) is 0 Å². The third-order valence-corrected chi connectivity index (χ3v) is 5.38. The number of nitrogens with one attached hydrogen (secondary N) is 1. The third-order valence-electron chi connectivity index (χ3n) is 3.77. The molecule has 0 bridgehead atoms. The summed E-state index contributed by atoms with van der Waals surface area (Å²) in [6, 6.07) is 8.14. The third kappa shape index (κ3) is 3.76. The second-order valence-electron chi connectivity index (χ2n) is 5.53. The van der Waals surface area contributed by atoms with Gasteiger partial charge in [0.2, 0.25) is 5.89 Å². The molecule has 0 unspecified atom stereocenters. The topological polar surface area (TPSA) is 102 Å². The molecule has 0 aliphatic heterocycles. The van der Waals surface area contributed by atoms with Crippen LogP contribution in [-0.4, -0.2) is 30.6 Å². The first-order valence-electron chi connectivity index (χ1n) is 7.46. The van der Waals surface area contributed by atoms with Gasteiger partial charge in [-0.15, -0.1) is 10.2 Å². The maximum atomic E-state index is 12.2. The maximum absolute atomic E-state index is 12.2. The molecule has 7 nitrogen and oxygen atoms in total. The lowest BCUT2D eigenvalue weighted by Crippen LogP contribution is -2.32. The van der Waals surface area contributed by atoms with E-state index in [0.29, 0.717) is 0 Å². The van der Waals surface area contributed by atoms with Crippen molar-refractivity contribution < 1.29 is 17.6 Å². The Hall–Kier alpha value is -2.22. The number of carbonyl (C=O) groups is 1. The number of sulfone groups is 1. The van der Waals surface area contributed by atoms with E-state index in [1.807, 2.05) is 0 Å². The zero-order valence-electron chi connectivity index (χ0n) is 12.4. The van der Waals surface area contributed by atoms with Crippen LogP contribution in [0, 0.1) is 0 Å². The molecule has 1 fully saturated rings. The molecular weight excluding hydrogens is 318 g/mol. The summed E-state index contributed by atoms with van der Waals surface area (Å²) in [7, 11) is -3.58. The molecule has 2 aromatic rings. The normalized spacial score (nSPS) is 15.7. The smallest absolute Gasteiger partial charge is 0.309 e. The first-order chi connectivity index (χ1) is 11.0. The standard InChI is InChI=1S/C15H17N3O4S/c19-14(16-11-6-4-5-7-11)15-18-17-13(22-15)10-23(20,21)12-8-2-1-3-9-12/h1-3,8-9,11H,4-7,10H2,(H,16,19). The van der Waals surface area contributed by atoms with Crippen LogP contribution in [0.3, 0.4) is 0 Å². The van der Waals surface area contributed by atoms with Crippen molar-refractivity contribution in [2.45, 2.75) is 42.4 Å². The molecule has 1 aliphatic carbocycles. The van der Waals surface area contributed by atoms with Gasteiger partial charge in [0.25, 0.3) is 0 Å². The van der Waals surface area contributed by atoms with Crippen molar-refractivity contribution in [1.82, 2.24) is 15.5 Å². The highest BCUT2D eigenvalue weighted by atomic mass is 32.2. The summed E-state index contributed by atoms with van der Waals surface area (Å²) < 4.78 is 29.7. The number of nitrogens with zero attached hydrogens (tertiary/aromatic N) is 2.